The lowest BCUT2D eigenvalue weighted by Gasteiger charge is -2.48. The summed E-state index contributed by atoms with van der Waals surface area (Å²) >= 11 is 0. The van der Waals surface area contributed by atoms with Crippen LogP contribution in [0, 0.1) is 34.8 Å². The molecule has 5 aromatic rings. The molecule has 3 aromatic carbocycles. The molecule has 2 aromatic heterocycles. The third kappa shape index (κ3) is 5.64. The predicted molar refractivity (Wildman–Crippen MR) is 197 cm³/mol. The number of benzene rings is 3. The third-order valence-electron chi connectivity index (χ3n) is 12.0. The highest BCUT2D eigenvalue weighted by molar-refractivity contribution is 6.18. The van der Waals surface area contributed by atoms with Crippen molar-refractivity contribution in [3.05, 3.63) is 47.7 Å². The van der Waals surface area contributed by atoms with Crippen LogP contribution in [0.15, 0.2) is 30.5 Å². The average Bonchev–Trinajstić information content (AvgIpc) is 3.31. The molecule has 0 radical (unpaired) electrons. The van der Waals surface area contributed by atoms with Crippen LogP contribution in [0.2, 0.25) is 0 Å². The second kappa shape index (κ2) is 12.8. The zero-order chi connectivity index (χ0) is 39.5. The smallest absolute Gasteiger partial charge is 0.319 e. The summed E-state index contributed by atoms with van der Waals surface area (Å²) in [7, 11) is 5.04. The fourth-order valence-electron chi connectivity index (χ4n) is 9.30. The lowest BCUT2D eigenvalue weighted by Crippen LogP contribution is -2.61. The number of fused-ring (bicyclic) bond motifs is 6. The molecule has 56 heavy (non-hydrogen) atoms. The molecule has 10 nitrogen and oxygen atoms in total. The number of hydrogen-bond acceptors (Lipinski definition) is 9. The van der Waals surface area contributed by atoms with Crippen molar-refractivity contribution in [3.8, 4) is 35.2 Å². The summed E-state index contributed by atoms with van der Waals surface area (Å²) in [6.45, 7) is 0.579. The van der Waals surface area contributed by atoms with Gasteiger partial charge < -0.3 is 24.4 Å². The van der Waals surface area contributed by atoms with Gasteiger partial charge in [-0.15, -0.1) is 6.42 Å². The minimum atomic E-state index is -2.99. The number of aromatic hydroxyl groups is 1. The van der Waals surface area contributed by atoms with Crippen LogP contribution in [0.1, 0.15) is 24.8 Å². The molecule has 3 saturated heterocycles. The molecule has 2 unspecified atom stereocenters. The average molecular weight is 780 g/mol. The van der Waals surface area contributed by atoms with Gasteiger partial charge in [-0.25, -0.2) is 26.3 Å². The maximum Gasteiger partial charge on any atom is 0.319 e. The summed E-state index contributed by atoms with van der Waals surface area (Å²) in [4.78, 5) is 15.1. The normalized spacial score (nSPS) is 24.1. The molecule has 0 spiro atoms. The number of piperazine rings is 1. The fourth-order valence-corrected chi connectivity index (χ4v) is 9.30. The van der Waals surface area contributed by atoms with E-state index in [4.69, 9.17) is 20.9 Å². The van der Waals surface area contributed by atoms with Gasteiger partial charge in [0.25, 0.3) is 5.92 Å². The van der Waals surface area contributed by atoms with E-state index in [0.717, 1.165) is 0 Å². The van der Waals surface area contributed by atoms with Crippen molar-refractivity contribution >= 4 is 38.4 Å². The molecule has 3 aliphatic heterocycles. The van der Waals surface area contributed by atoms with Crippen LogP contribution >= 0.6 is 0 Å². The number of aryl methyl sites for hydroxylation is 1. The Kier molecular flexibility index (Phi) is 8.43. The summed E-state index contributed by atoms with van der Waals surface area (Å²) in [5, 5.41) is 16.7. The van der Waals surface area contributed by atoms with Gasteiger partial charge in [0.2, 0.25) is 6.43 Å². The Labute approximate surface area is 318 Å². The van der Waals surface area contributed by atoms with Crippen LogP contribution < -0.4 is 9.64 Å². The van der Waals surface area contributed by atoms with Gasteiger partial charge in [0.15, 0.2) is 5.82 Å². The van der Waals surface area contributed by atoms with Crippen LogP contribution in [0.25, 0.3) is 43.7 Å². The number of anilines is 1. The molecule has 3 atom stereocenters. The molecular formula is C40H39F6N7O3. The number of halogens is 6. The summed E-state index contributed by atoms with van der Waals surface area (Å²) in [6.07, 6.45) is 5.92. The second-order valence-electron chi connectivity index (χ2n) is 16.3. The minimum Gasteiger partial charge on any atom is -0.508 e. The lowest BCUT2D eigenvalue weighted by atomic mass is 9.85. The van der Waals surface area contributed by atoms with Gasteiger partial charge in [0.05, 0.1) is 35.0 Å². The van der Waals surface area contributed by atoms with Crippen molar-refractivity contribution in [3.63, 3.8) is 0 Å². The van der Waals surface area contributed by atoms with Crippen molar-refractivity contribution in [2.45, 2.75) is 43.7 Å². The molecule has 9 rings (SSSR count). The number of phenolic OH excluding ortho intramolecular Hbond substituents is 1. The lowest BCUT2D eigenvalue weighted by molar-refractivity contribution is -0.195. The summed E-state index contributed by atoms with van der Waals surface area (Å²) < 4.78 is 104. The monoisotopic (exact) mass is 779 g/mol. The van der Waals surface area contributed by atoms with E-state index in [2.05, 4.69) is 20.9 Å². The maximum atomic E-state index is 17.7. The van der Waals surface area contributed by atoms with Crippen LogP contribution in [-0.2, 0) is 11.8 Å². The molecule has 1 aliphatic carbocycles. The molecule has 1 N–H and O–H groups in total. The van der Waals surface area contributed by atoms with E-state index in [0.29, 0.717) is 42.5 Å². The van der Waals surface area contributed by atoms with E-state index in [1.807, 2.05) is 4.90 Å². The Morgan fingerprint density at radius 2 is 1.79 bits per heavy atom. The van der Waals surface area contributed by atoms with Gasteiger partial charge in [-0.05, 0) is 56.1 Å². The molecule has 1 saturated carbocycles. The number of hydrogen-bond donors (Lipinski definition) is 1. The van der Waals surface area contributed by atoms with E-state index < -0.39 is 47.8 Å². The Bertz CT molecular complexity index is 2450. The van der Waals surface area contributed by atoms with Crippen LogP contribution in [0.4, 0.5) is 32.2 Å². The number of likely N-dealkylation sites (tertiary alicyclic amines) is 1. The first kappa shape index (κ1) is 36.8. The molecule has 5 heterocycles. The number of terminal acetylenes is 1. The molecular weight excluding hydrogens is 740 g/mol. The van der Waals surface area contributed by atoms with E-state index in [-0.39, 0.29) is 88.6 Å². The van der Waals surface area contributed by atoms with E-state index in [9.17, 15) is 22.7 Å². The topological polar surface area (TPSA) is 92.0 Å². The zero-order valence-electron chi connectivity index (χ0n) is 30.9. The maximum absolute atomic E-state index is 17.7. The minimum absolute atomic E-state index is 0.0175. The molecule has 4 fully saturated rings. The van der Waals surface area contributed by atoms with E-state index in [1.54, 1.807) is 32.2 Å². The van der Waals surface area contributed by atoms with Crippen LogP contribution in [-0.4, -0.2) is 119 Å². The molecule has 4 aliphatic rings. The number of rotatable bonds is 10. The quantitative estimate of drug-likeness (QED) is 0.132. The van der Waals surface area contributed by atoms with Crippen molar-refractivity contribution in [1.29, 1.82) is 0 Å². The zero-order valence-corrected chi connectivity index (χ0v) is 30.9. The largest absolute Gasteiger partial charge is 0.508 e. The van der Waals surface area contributed by atoms with Gasteiger partial charge in [-0.3, -0.25) is 9.58 Å². The molecule has 294 valence electrons. The molecule has 16 heteroatoms. The first-order chi connectivity index (χ1) is 26.6. The first-order valence-electron chi connectivity index (χ1n) is 18.4. The summed E-state index contributed by atoms with van der Waals surface area (Å²) in [6, 6.07) is 4.55. The number of alkyl halides is 4. The second-order valence-corrected chi connectivity index (χ2v) is 16.3. The highest BCUT2D eigenvalue weighted by Gasteiger charge is 2.71. The van der Waals surface area contributed by atoms with Gasteiger partial charge in [0, 0.05) is 74.3 Å². The molecule has 2 bridgehead atoms. The van der Waals surface area contributed by atoms with Gasteiger partial charge in [0.1, 0.15) is 35.0 Å². The van der Waals surface area contributed by atoms with Crippen LogP contribution in [0.3, 0.4) is 0 Å². The van der Waals surface area contributed by atoms with Crippen molar-refractivity contribution in [2.75, 3.05) is 65.0 Å². The van der Waals surface area contributed by atoms with Gasteiger partial charge >= 0.3 is 6.01 Å². The van der Waals surface area contributed by atoms with Gasteiger partial charge in [-0.2, -0.15) is 15.1 Å². The Hall–Kier alpha value is -4.85. The standard InChI is InChI=1S/C40H39F6N7O3/c1-5-25-28(41)9-6-21-10-24(54)11-26(29(21)25)30-32(42)34-31(27-14-51(4)49-33(27)30)35(48-37(47-34)56-20-39(17-50(2)3)15-40(39,45)46)53-22-7-8-23(53)13-52(12-22)16-38(36(43)44)18-55-19-38/h1,6,9-11,14,22-23,36,54H,7-8,12-13,15-20H2,2-4H3/t22?,23?,39-/m1/s1. The van der Waals surface area contributed by atoms with E-state index in [1.165, 1.54) is 28.9 Å². The predicted octanol–water partition coefficient (Wildman–Crippen LogP) is 6.20. The third-order valence-corrected chi connectivity index (χ3v) is 12.0. The van der Waals surface area contributed by atoms with Crippen LogP contribution in [0.5, 0.6) is 11.8 Å². The highest BCUT2D eigenvalue weighted by atomic mass is 19.3. The van der Waals surface area contributed by atoms with Crippen molar-refractivity contribution in [1.82, 2.24) is 29.5 Å². The number of nitrogens with zero attached hydrogens (tertiary/aromatic N) is 7. The Morgan fingerprint density at radius 3 is 2.39 bits per heavy atom. The van der Waals surface area contributed by atoms with Crippen molar-refractivity contribution < 1.29 is 40.9 Å². The Balaban J connectivity index is 1.24. The number of phenols is 1. The molecule has 0 amide bonds. The number of ether oxygens (including phenoxy) is 2. The number of aromatic nitrogens is 4. The summed E-state index contributed by atoms with van der Waals surface area (Å²) in [5.41, 5.74) is -2.96. The Morgan fingerprint density at radius 1 is 1.07 bits per heavy atom. The summed E-state index contributed by atoms with van der Waals surface area (Å²) in [5.74, 6) is -2.16. The first-order valence-corrected chi connectivity index (χ1v) is 18.4. The van der Waals surface area contributed by atoms with Crippen molar-refractivity contribution in [2.24, 2.45) is 17.9 Å². The highest BCUT2D eigenvalue weighted by Crippen LogP contribution is 2.61. The van der Waals surface area contributed by atoms with Gasteiger partial charge in [-0.1, -0.05) is 12.0 Å². The van der Waals surface area contributed by atoms with E-state index >= 15 is 8.78 Å². The SMILES string of the molecule is C#Cc1c(F)ccc2cc(O)cc(-c3c(F)c4nc(OC[C@]5(CN(C)C)CC5(F)F)nc(N5C6CCC5CN(CC5(C(F)F)COC5)C6)c4c4cn(C)nc34)c12. The fraction of sp³-hybridized carbons (Fsp3) is 0.475.